The molecule has 0 amide bonds. The lowest BCUT2D eigenvalue weighted by Crippen LogP contribution is -2.04. The second kappa shape index (κ2) is 9.30. The van der Waals surface area contributed by atoms with Gasteiger partial charge in [-0.15, -0.1) is 0 Å². The van der Waals surface area contributed by atoms with E-state index in [9.17, 15) is 13.2 Å². The highest BCUT2D eigenvalue weighted by molar-refractivity contribution is 5.81. The predicted octanol–water partition coefficient (Wildman–Crippen LogP) is 5.56. The normalized spacial score (nSPS) is 12.0. The molecule has 8 nitrogen and oxygen atoms in total. The number of ether oxygens (including phenoxy) is 1. The molecule has 0 aliphatic heterocycles. The number of alkyl halides is 3. The molecule has 11 heteroatoms. The van der Waals surface area contributed by atoms with Crippen LogP contribution in [0, 0.1) is 0 Å². The molecule has 1 N–H and O–H groups in total. The molecule has 4 aromatic heterocycles. The Morgan fingerprint density at radius 1 is 1.05 bits per heavy atom. The Labute approximate surface area is 210 Å². The van der Waals surface area contributed by atoms with Crippen molar-refractivity contribution in [3.05, 3.63) is 71.7 Å². The van der Waals surface area contributed by atoms with Crippen molar-refractivity contribution in [3.8, 4) is 28.7 Å². The van der Waals surface area contributed by atoms with Crippen LogP contribution in [0.15, 0.2) is 49.2 Å². The van der Waals surface area contributed by atoms with Crippen molar-refractivity contribution in [1.29, 1.82) is 0 Å². The summed E-state index contributed by atoms with van der Waals surface area (Å²) in [7, 11) is 3.10. The topological polar surface area (TPSA) is 94.4 Å². The van der Waals surface area contributed by atoms with E-state index in [0.717, 1.165) is 34.1 Å². The van der Waals surface area contributed by atoms with Gasteiger partial charge in [-0.05, 0) is 11.5 Å². The van der Waals surface area contributed by atoms with Gasteiger partial charge in [0.1, 0.15) is 17.7 Å². The number of hydrogen-bond acceptors (Lipinski definition) is 6. The average molecular weight is 508 g/mol. The zero-order valence-corrected chi connectivity index (χ0v) is 20.6. The van der Waals surface area contributed by atoms with E-state index in [2.05, 4.69) is 24.9 Å². The third-order valence-corrected chi connectivity index (χ3v) is 6.07. The number of aromatic nitrogens is 7. The average Bonchev–Trinajstić information content (AvgIpc) is 3.47. The number of imidazole rings is 1. The number of halogens is 3. The van der Waals surface area contributed by atoms with E-state index in [1.54, 1.807) is 32.5 Å². The maximum absolute atomic E-state index is 13.0. The van der Waals surface area contributed by atoms with Crippen LogP contribution in [0.2, 0.25) is 0 Å². The minimum Gasteiger partial charge on any atom is -0.480 e. The lowest BCUT2D eigenvalue weighted by atomic mass is 10.0. The molecular formula is C26H24F3N7O. The molecule has 0 fully saturated rings. The number of aryl methyl sites for hydroxylation is 1. The Morgan fingerprint density at radius 2 is 1.81 bits per heavy atom. The number of fused-ring (bicyclic) bond motifs is 1. The van der Waals surface area contributed by atoms with Crippen molar-refractivity contribution < 1.29 is 17.9 Å². The summed E-state index contributed by atoms with van der Waals surface area (Å²) in [6, 6.07) is 7.30. The summed E-state index contributed by atoms with van der Waals surface area (Å²) in [5, 5.41) is 0. The molecule has 0 spiro atoms. The van der Waals surface area contributed by atoms with E-state index in [4.69, 9.17) is 9.72 Å². The van der Waals surface area contributed by atoms with Gasteiger partial charge in [-0.2, -0.15) is 13.2 Å². The van der Waals surface area contributed by atoms with Crippen molar-refractivity contribution in [2.75, 3.05) is 7.11 Å². The Bertz CT molecular complexity index is 1570. The highest BCUT2D eigenvalue weighted by Crippen LogP contribution is 2.34. The first kappa shape index (κ1) is 24.4. The molecule has 5 aromatic rings. The van der Waals surface area contributed by atoms with Crippen LogP contribution in [0.1, 0.15) is 42.3 Å². The van der Waals surface area contributed by atoms with Gasteiger partial charge < -0.3 is 14.3 Å². The van der Waals surface area contributed by atoms with Crippen molar-refractivity contribution in [2.24, 2.45) is 7.05 Å². The molecule has 190 valence electrons. The maximum Gasteiger partial charge on any atom is 0.434 e. The van der Waals surface area contributed by atoms with Crippen molar-refractivity contribution in [2.45, 2.75) is 32.4 Å². The van der Waals surface area contributed by atoms with Gasteiger partial charge in [0, 0.05) is 37.0 Å². The van der Waals surface area contributed by atoms with E-state index in [0.29, 0.717) is 29.3 Å². The summed E-state index contributed by atoms with van der Waals surface area (Å²) in [6.07, 6.45) is 2.14. The summed E-state index contributed by atoms with van der Waals surface area (Å²) in [5.74, 6) is 1.25. The van der Waals surface area contributed by atoms with Crippen LogP contribution in [-0.2, 0) is 19.6 Å². The van der Waals surface area contributed by atoms with E-state index in [1.165, 1.54) is 10.9 Å². The van der Waals surface area contributed by atoms with Crippen LogP contribution in [0.4, 0.5) is 13.2 Å². The van der Waals surface area contributed by atoms with Crippen LogP contribution >= 0.6 is 0 Å². The minimum atomic E-state index is -4.49. The van der Waals surface area contributed by atoms with Crippen LogP contribution < -0.4 is 4.74 Å². The monoisotopic (exact) mass is 507 g/mol. The summed E-state index contributed by atoms with van der Waals surface area (Å²) in [6.45, 7) is 4.06. The second-order valence-electron chi connectivity index (χ2n) is 9.00. The fourth-order valence-electron chi connectivity index (χ4n) is 4.27. The van der Waals surface area contributed by atoms with Crippen LogP contribution in [0.25, 0.3) is 33.8 Å². The van der Waals surface area contributed by atoms with Crippen LogP contribution in [0.5, 0.6) is 5.88 Å². The van der Waals surface area contributed by atoms with Gasteiger partial charge in [-0.1, -0.05) is 38.1 Å². The molecule has 5 rings (SSSR count). The summed E-state index contributed by atoms with van der Waals surface area (Å²) < 4.78 is 46.0. The smallest absolute Gasteiger partial charge is 0.434 e. The Hall–Kier alpha value is -4.28. The van der Waals surface area contributed by atoms with Gasteiger partial charge in [-0.25, -0.2) is 24.9 Å². The minimum absolute atomic E-state index is 0.112. The number of nitrogens with zero attached hydrogens (tertiary/aromatic N) is 6. The SMILES string of the molecule is COc1ncnc(C(C)C)c1-c1ncc2[nH]cc(Cc3ccc(-c4nc(C(F)(F)F)cn4C)cc3)c2n1. The second-order valence-corrected chi connectivity index (χ2v) is 9.00. The van der Waals surface area contributed by atoms with E-state index in [-0.39, 0.29) is 11.7 Å². The summed E-state index contributed by atoms with van der Waals surface area (Å²) in [4.78, 5) is 25.0. The first-order valence-corrected chi connectivity index (χ1v) is 11.6. The zero-order valence-electron chi connectivity index (χ0n) is 20.6. The molecule has 0 unspecified atom stereocenters. The molecule has 0 aliphatic rings. The Balaban J connectivity index is 1.47. The van der Waals surface area contributed by atoms with Crippen molar-refractivity contribution in [1.82, 2.24) is 34.5 Å². The van der Waals surface area contributed by atoms with E-state index >= 15 is 0 Å². The van der Waals surface area contributed by atoms with E-state index in [1.807, 2.05) is 32.2 Å². The fraction of sp³-hybridized carbons (Fsp3) is 0.269. The highest BCUT2D eigenvalue weighted by atomic mass is 19.4. The standard InChI is InChI=1S/C26H24F3N7O/c1-14(2)21-20(25(37-4)33-13-32-21)23-31-11-18-22(35-23)17(10-30-18)9-15-5-7-16(8-6-15)24-34-19(12-36(24)3)26(27,28)29/h5-8,10-14,30H,9H2,1-4H3. The van der Waals surface area contributed by atoms with Gasteiger partial charge in [0.25, 0.3) is 0 Å². The van der Waals surface area contributed by atoms with Gasteiger partial charge >= 0.3 is 6.18 Å². The van der Waals surface area contributed by atoms with Crippen LogP contribution in [0.3, 0.4) is 0 Å². The first-order valence-electron chi connectivity index (χ1n) is 11.6. The lowest BCUT2D eigenvalue weighted by Gasteiger charge is -2.13. The largest absolute Gasteiger partial charge is 0.480 e. The molecule has 0 bridgehead atoms. The molecule has 0 radical (unpaired) electrons. The molecule has 4 heterocycles. The molecular weight excluding hydrogens is 483 g/mol. The van der Waals surface area contributed by atoms with Crippen molar-refractivity contribution >= 4 is 11.0 Å². The predicted molar refractivity (Wildman–Crippen MR) is 132 cm³/mol. The zero-order chi connectivity index (χ0) is 26.3. The van der Waals surface area contributed by atoms with Gasteiger partial charge in [0.05, 0.1) is 30.0 Å². The number of methoxy groups -OCH3 is 1. The molecule has 0 aliphatic carbocycles. The maximum atomic E-state index is 13.0. The molecule has 0 atom stereocenters. The van der Waals surface area contributed by atoms with E-state index < -0.39 is 11.9 Å². The molecule has 0 saturated heterocycles. The number of aromatic amines is 1. The third kappa shape index (κ3) is 4.64. The van der Waals surface area contributed by atoms with Gasteiger partial charge in [-0.3, -0.25) is 0 Å². The van der Waals surface area contributed by atoms with Crippen molar-refractivity contribution in [3.63, 3.8) is 0 Å². The molecule has 0 saturated carbocycles. The number of benzene rings is 1. The summed E-state index contributed by atoms with van der Waals surface area (Å²) >= 11 is 0. The Kier molecular flexibility index (Phi) is 6.14. The number of rotatable bonds is 6. The lowest BCUT2D eigenvalue weighted by molar-refractivity contribution is -0.140. The third-order valence-electron chi connectivity index (χ3n) is 6.07. The first-order chi connectivity index (χ1) is 17.7. The fourth-order valence-corrected chi connectivity index (χ4v) is 4.27. The summed E-state index contributed by atoms with van der Waals surface area (Å²) in [5.41, 5.74) is 4.60. The number of hydrogen-bond donors (Lipinski definition) is 1. The molecule has 37 heavy (non-hydrogen) atoms. The quantitative estimate of drug-likeness (QED) is 0.324. The number of nitrogens with one attached hydrogen (secondary N) is 1. The highest BCUT2D eigenvalue weighted by Gasteiger charge is 2.34. The Morgan fingerprint density at radius 3 is 2.46 bits per heavy atom. The van der Waals surface area contributed by atoms with Gasteiger partial charge in [0.2, 0.25) is 5.88 Å². The number of H-pyrrole nitrogens is 1. The van der Waals surface area contributed by atoms with Crippen LogP contribution in [-0.4, -0.2) is 41.6 Å². The van der Waals surface area contributed by atoms with Gasteiger partial charge in [0.15, 0.2) is 11.5 Å². The molecule has 1 aromatic carbocycles.